The van der Waals surface area contributed by atoms with Crippen LogP contribution in [0.25, 0.3) is 11.0 Å². The molecule has 0 saturated heterocycles. The summed E-state index contributed by atoms with van der Waals surface area (Å²) >= 11 is 3.49. The number of nitrogens with zero attached hydrogens (tertiary/aromatic N) is 1. The van der Waals surface area contributed by atoms with Crippen LogP contribution in [0.2, 0.25) is 0 Å². The van der Waals surface area contributed by atoms with E-state index in [1.54, 1.807) is 0 Å². The third kappa shape index (κ3) is 3.17. The Kier molecular flexibility index (Phi) is 4.08. The molecule has 4 heteroatoms. The van der Waals surface area contributed by atoms with Crippen molar-refractivity contribution in [1.82, 2.24) is 10.3 Å². The van der Waals surface area contributed by atoms with Crippen molar-refractivity contribution in [2.45, 2.75) is 25.9 Å². The summed E-state index contributed by atoms with van der Waals surface area (Å²) in [6, 6.07) is 12.6. The summed E-state index contributed by atoms with van der Waals surface area (Å²) in [5.41, 5.74) is 2.13. The second-order valence-corrected chi connectivity index (χ2v) is 6.14. The Balaban J connectivity index is 1.79. The van der Waals surface area contributed by atoms with Crippen LogP contribution in [0.4, 0.5) is 0 Å². The average molecular weight is 345 g/mol. The number of fused-ring (bicyclic) bond motifs is 1. The van der Waals surface area contributed by atoms with Gasteiger partial charge in [0.1, 0.15) is 11.3 Å². The van der Waals surface area contributed by atoms with Gasteiger partial charge in [0.15, 0.2) is 0 Å². The SMILES string of the molecule is CC(NC(C)c1cc2cc(Br)ccc2o1)c1ccncc1. The molecule has 0 radical (unpaired) electrons. The topological polar surface area (TPSA) is 38.1 Å². The van der Waals surface area contributed by atoms with Crippen LogP contribution in [0, 0.1) is 0 Å². The van der Waals surface area contributed by atoms with Crippen molar-refractivity contribution < 1.29 is 4.42 Å². The first-order chi connectivity index (χ1) is 10.1. The van der Waals surface area contributed by atoms with Gasteiger partial charge in [-0.1, -0.05) is 15.9 Å². The Labute approximate surface area is 132 Å². The fourth-order valence-electron chi connectivity index (χ4n) is 2.45. The van der Waals surface area contributed by atoms with Gasteiger partial charge in [0.25, 0.3) is 0 Å². The molecule has 0 aliphatic rings. The van der Waals surface area contributed by atoms with Crippen molar-refractivity contribution in [2.24, 2.45) is 0 Å². The predicted octanol–water partition coefficient (Wildman–Crippen LogP) is 5.00. The first-order valence-corrected chi connectivity index (χ1v) is 7.78. The van der Waals surface area contributed by atoms with Crippen molar-refractivity contribution in [3.63, 3.8) is 0 Å². The molecule has 3 rings (SSSR count). The lowest BCUT2D eigenvalue weighted by Gasteiger charge is -2.18. The van der Waals surface area contributed by atoms with E-state index in [-0.39, 0.29) is 12.1 Å². The van der Waals surface area contributed by atoms with Gasteiger partial charge in [-0.05, 0) is 55.8 Å². The highest BCUT2D eigenvalue weighted by Gasteiger charge is 2.15. The zero-order valence-electron chi connectivity index (χ0n) is 12.0. The molecule has 2 heterocycles. The summed E-state index contributed by atoms with van der Waals surface area (Å²) in [7, 11) is 0. The monoisotopic (exact) mass is 344 g/mol. The molecule has 0 saturated carbocycles. The summed E-state index contributed by atoms with van der Waals surface area (Å²) in [5.74, 6) is 0.948. The Hall–Kier alpha value is -1.65. The first-order valence-electron chi connectivity index (χ1n) is 6.98. The summed E-state index contributed by atoms with van der Waals surface area (Å²) in [5, 5.41) is 4.67. The van der Waals surface area contributed by atoms with Gasteiger partial charge in [-0.15, -0.1) is 0 Å². The van der Waals surface area contributed by atoms with Crippen LogP contribution >= 0.6 is 15.9 Å². The second kappa shape index (κ2) is 6.00. The van der Waals surface area contributed by atoms with Gasteiger partial charge < -0.3 is 9.73 Å². The number of benzene rings is 1. The Morgan fingerprint density at radius 1 is 1.05 bits per heavy atom. The molecular formula is C17H17BrN2O. The Morgan fingerprint density at radius 2 is 1.81 bits per heavy atom. The maximum Gasteiger partial charge on any atom is 0.134 e. The molecule has 1 N–H and O–H groups in total. The minimum Gasteiger partial charge on any atom is -0.459 e. The maximum absolute atomic E-state index is 5.93. The van der Waals surface area contributed by atoms with E-state index in [9.17, 15) is 0 Å². The van der Waals surface area contributed by atoms with Crippen LogP contribution in [0.1, 0.15) is 37.3 Å². The summed E-state index contributed by atoms with van der Waals surface area (Å²) in [6.07, 6.45) is 3.63. The molecule has 0 spiro atoms. The highest BCUT2D eigenvalue weighted by atomic mass is 79.9. The predicted molar refractivity (Wildman–Crippen MR) is 88.1 cm³/mol. The van der Waals surface area contributed by atoms with Crippen molar-refractivity contribution in [1.29, 1.82) is 0 Å². The van der Waals surface area contributed by atoms with Crippen LogP contribution < -0.4 is 5.32 Å². The number of rotatable bonds is 4. The fourth-order valence-corrected chi connectivity index (χ4v) is 2.83. The molecule has 3 aromatic rings. The second-order valence-electron chi connectivity index (χ2n) is 5.22. The lowest BCUT2D eigenvalue weighted by atomic mass is 10.1. The van der Waals surface area contributed by atoms with E-state index in [1.807, 2.05) is 36.7 Å². The Morgan fingerprint density at radius 3 is 2.57 bits per heavy atom. The van der Waals surface area contributed by atoms with Gasteiger partial charge >= 0.3 is 0 Å². The van der Waals surface area contributed by atoms with E-state index in [2.05, 4.69) is 52.2 Å². The summed E-state index contributed by atoms with van der Waals surface area (Å²) in [4.78, 5) is 4.05. The van der Waals surface area contributed by atoms with Gasteiger partial charge in [0.05, 0.1) is 6.04 Å². The minimum atomic E-state index is 0.138. The largest absolute Gasteiger partial charge is 0.459 e. The Bertz CT molecular complexity index is 739. The fraction of sp³-hybridized carbons (Fsp3) is 0.235. The molecule has 2 aromatic heterocycles. The molecule has 21 heavy (non-hydrogen) atoms. The highest BCUT2D eigenvalue weighted by molar-refractivity contribution is 9.10. The number of halogens is 1. The number of hydrogen-bond acceptors (Lipinski definition) is 3. The molecule has 0 bridgehead atoms. The molecule has 0 fully saturated rings. The minimum absolute atomic E-state index is 0.138. The van der Waals surface area contributed by atoms with Crippen LogP contribution in [0.15, 0.2) is 57.7 Å². The van der Waals surface area contributed by atoms with Gasteiger partial charge in [-0.2, -0.15) is 0 Å². The van der Waals surface area contributed by atoms with E-state index in [0.717, 1.165) is 21.2 Å². The lowest BCUT2D eigenvalue weighted by molar-refractivity contribution is 0.417. The van der Waals surface area contributed by atoms with Crippen molar-refractivity contribution in [3.05, 3.63) is 64.6 Å². The van der Waals surface area contributed by atoms with Gasteiger partial charge in [-0.25, -0.2) is 0 Å². The quantitative estimate of drug-likeness (QED) is 0.723. The van der Waals surface area contributed by atoms with Crippen LogP contribution in [-0.4, -0.2) is 4.98 Å². The lowest BCUT2D eigenvalue weighted by Crippen LogP contribution is -2.22. The molecule has 108 valence electrons. The van der Waals surface area contributed by atoms with E-state index >= 15 is 0 Å². The van der Waals surface area contributed by atoms with Gasteiger partial charge in [0.2, 0.25) is 0 Å². The molecule has 0 amide bonds. The normalized spacial score (nSPS) is 14.2. The van der Waals surface area contributed by atoms with Crippen molar-refractivity contribution in [2.75, 3.05) is 0 Å². The van der Waals surface area contributed by atoms with E-state index in [4.69, 9.17) is 4.42 Å². The van der Waals surface area contributed by atoms with Crippen LogP contribution in [0.5, 0.6) is 0 Å². The van der Waals surface area contributed by atoms with Gasteiger partial charge in [0, 0.05) is 28.3 Å². The summed E-state index contributed by atoms with van der Waals surface area (Å²) < 4.78 is 6.99. The van der Waals surface area contributed by atoms with Crippen molar-refractivity contribution >= 4 is 26.9 Å². The maximum atomic E-state index is 5.93. The summed E-state index contributed by atoms with van der Waals surface area (Å²) in [6.45, 7) is 4.26. The van der Waals surface area contributed by atoms with Gasteiger partial charge in [-0.3, -0.25) is 4.98 Å². The van der Waals surface area contributed by atoms with E-state index in [0.29, 0.717) is 0 Å². The first kappa shape index (κ1) is 14.3. The number of pyridine rings is 1. The molecule has 0 aliphatic heterocycles. The third-order valence-electron chi connectivity index (χ3n) is 3.63. The standard InChI is InChI=1S/C17H17BrN2O/c1-11(13-5-7-19-8-6-13)20-12(2)17-10-14-9-15(18)3-4-16(14)21-17/h3-12,20H,1-2H3. The number of aromatic nitrogens is 1. The third-order valence-corrected chi connectivity index (χ3v) is 4.12. The molecular weight excluding hydrogens is 328 g/mol. The number of nitrogens with one attached hydrogen (secondary N) is 1. The highest BCUT2D eigenvalue weighted by Crippen LogP contribution is 2.27. The molecule has 1 aromatic carbocycles. The number of hydrogen-bond donors (Lipinski definition) is 1. The van der Waals surface area contributed by atoms with Crippen LogP contribution in [-0.2, 0) is 0 Å². The molecule has 2 unspecified atom stereocenters. The average Bonchev–Trinajstić information content (AvgIpc) is 2.91. The van der Waals surface area contributed by atoms with Crippen molar-refractivity contribution in [3.8, 4) is 0 Å². The zero-order chi connectivity index (χ0) is 14.8. The van der Waals surface area contributed by atoms with Crippen LogP contribution in [0.3, 0.4) is 0 Å². The number of furan rings is 1. The molecule has 3 nitrogen and oxygen atoms in total. The smallest absolute Gasteiger partial charge is 0.134 e. The zero-order valence-corrected chi connectivity index (χ0v) is 13.6. The molecule has 0 aliphatic carbocycles. The molecule has 2 atom stereocenters. The van der Waals surface area contributed by atoms with E-state index < -0.39 is 0 Å². The van der Waals surface area contributed by atoms with E-state index in [1.165, 1.54) is 5.56 Å².